The van der Waals surface area contributed by atoms with Crippen molar-refractivity contribution in [3.05, 3.63) is 45.3 Å². The maximum atomic E-state index is 13.4. The molecular weight excluding hydrogens is 586 g/mol. The molecule has 0 aromatic carbocycles. The van der Waals surface area contributed by atoms with Crippen LogP contribution in [0.5, 0.6) is 0 Å². The van der Waals surface area contributed by atoms with Crippen molar-refractivity contribution in [2.24, 2.45) is 17.1 Å². The second-order valence-corrected chi connectivity index (χ2v) is 14.8. The van der Waals surface area contributed by atoms with Gasteiger partial charge in [0.2, 0.25) is 20.9 Å². The molecule has 14 heteroatoms. The quantitative estimate of drug-likeness (QED) is 0.312. The maximum absolute atomic E-state index is 13.4. The normalized spacial score (nSPS) is 16.0. The topological polar surface area (TPSA) is 132 Å². The molecule has 1 aliphatic rings. The number of halogens is 3. The van der Waals surface area contributed by atoms with Gasteiger partial charge in [-0.15, -0.1) is 22.7 Å². The van der Waals surface area contributed by atoms with Crippen LogP contribution in [-0.4, -0.2) is 36.0 Å². The number of nitrogens with zero attached hydrogens (tertiary/aromatic N) is 2. The van der Waals surface area contributed by atoms with Crippen molar-refractivity contribution in [1.29, 1.82) is 0 Å². The van der Waals surface area contributed by atoms with E-state index >= 15 is 0 Å². The van der Waals surface area contributed by atoms with Gasteiger partial charge in [0.05, 0.1) is 21.9 Å². The number of aromatic nitrogens is 2. The fourth-order valence-electron chi connectivity index (χ4n) is 4.64. The molecule has 40 heavy (non-hydrogen) atoms. The monoisotopic (exact) mass is 614 g/mol. The third kappa shape index (κ3) is 6.72. The van der Waals surface area contributed by atoms with Crippen molar-refractivity contribution >= 4 is 49.3 Å². The first-order chi connectivity index (χ1) is 18.6. The second kappa shape index (κ2) is 11.2. The summed E-state index contributed by atoms with van der Waals surface area (Å²) in [6, 6.07) is 3.84. The summed E-state index contributed by atoms with van der Waals surface area (Å²) in [5, 5.41) is 3.72. The van der Waals surface area contributed by atoms with Crippen LogP contribution in [0, 0.1) is 11.3 Å². The van der Waals surface area contributed by atoms with Gasteiger partial charge in [-0.05, 0) is 60.1 Å². The molecule has 3 heterocycles. The Labute approximate surface area is 238 Å². The summed E-state index contributed by atoms with van der Waals surface area (Å²) < 4.78 is 66.1. The number of rotatable bonds is 8. The molecule has 4 rings (SSSR count). The molecule has 0 fully saturated rings. The average Bonchev–Trinajstić information content (AvgIpc) is 3.50. The lowest BCUT2D eigenvalue weighted by Crippen LogP contribution is -2.27. The molecule has 0 unspecified atom stereocenters. The van der Waals surface area contributed by atoms with Crippen LogP contribution in [0.4, 0.5) is 18.2 Å². The second-order valence-electron chi connectivity index (χ2n) is 10.7. The minimum absolute atomic E-state index is 0.0807. The molecule has 3 aromatic rings. The number of anilines is 1. The molecule has 8 nitrogen and oxygen atoms in total. The first-order valence-electron chi connectivity index (χ1n) is 12.5. The van der Waals surface area contributed by atoms with Gasteiger partial charge in [-0.1, -0.05) is 26.8 Å². The van der Waals surface area contributed by atoms with E-state index in [9.17, 15) is 31.2 Å². The number of alkyl halides is 3. The molecule has 3 aromatic heterocycles. The number of primary amides is 1. The molecule has 2 amide bonds. The van der Waals surface area contributed by atoms with Crippen LogP contribution < -0.4 is 11.1 Å². The first-order valence-corrected chi connectivity index (χ1v) is 15.9. The Kier molecular flexibility index (Phi) is 8.44. The minimum atomic E-state index is -4.87. The Bertz CT molecular complexity index is 1530. The van der Waals surface area contributed by atoms with E-state index in [-0.39, 0.29) is 29.5 Å². The fraction of sp³-hybridized carbons (Fsp3) is 0.462. The third-order valence-corrected chi connectivity index (χ3v) is 10.5. The van der Waals surface area contributed by atoms with Gasteiger partial charge in [0.1, 0.15) is 10.7 Å². The van der Waals surface area contributed by atoms with Crippen molar-refractivity contribution in [2.45, 2.75) is 64.2 Å². The summed E-state index contributed by atoms with van der Waals surface area (Å²) in [7, 11) is -4.34. The van der Waals surface area contributed by atoms with Crippen LogP contribution in [0.1, 0.15) is 66.5 Å². The van der Waals surface area contributed by atoms with Gasteiger partial charge in [-0.2, -0.15) is 13.2 Å². The molecule has 216 valence electrons. The van der Waals surface area contributed by atoms with E-state index in [1.807, 2.05) is 0 Å². The van der Waals surface area contributed by atoms with Crippen LogP contribution in [0.25, 0.3) is 10.6 Å². The SMILES string of the molecule is CC(C)(C)[C@@H]1CCc2c(sc(NC(=O)CCCS(=O)(=O)c3nc(-c4cccs4)cc(C(F)(F)F)n3)c2C(N)=O)C1. The van der Waals surface area contributed by atoms with Gasteiger partial charge in [0.15, 0.2) is 0 Å². The summed E-state index contributed by atoms with van der Waals surface area (Å²) in [4.78, 5) is 33.5. The molecule has 0 aliphatic heterocycles. The number of nitrogens with one attached hydrogen (secondary N) is 1. The van der Waals surface area contributed by atoms with Gasteiger partial charge in [0.25, 0.3) is 5.91 Å². The Morgan fingerprint density at radius 2 is 1.93 bits per heavy atom. The van der Waals surface area contributed by atoms with E-state index in [1.165, 1.54) is 17.4 Å². The highest BCUT2D eigenvalue weighted by Crippen LogP contribution is 2.44. The Hall–Kier alpha value is -2.84. The van der Waals surface area contributed by atoms with E-state index in [4.69, 9.17) is 5.73 Å². The van der Waals surface area contributed by atoms with E-state index in [2.05, 4.69) is 36.1 Å². The smallest absolute Gasteiger partial charge is 0.365 e. The highest BCUT2D eigenvalue weighted by molar-refractivity contribution is 7.91. The number of nitrogens with two attached hydrogens (primary N) is 1. The standard InChI is InChI=1S/C26H29F3N4O4S3/c1-25(2,3)14-8-9-15-18(12-14)39-23(21(15)22(30)35)33-20(34)7-5-11-40(36,37)24-31-16(17-6-4-10-38-17)13-19(32-24)26(27,28)29/h4,6,10,13-14H,5,7-9,11-12H2,1-3H3,(H2,30,35)(H,33,34)/t14-/m1/s1. The predicted molar refractivity (Wildman–Crippen MR) is 148 cm³/mol. The maximum Gasteiger partial charge on any atom is 0.433 e. The van der Waals surface area contributed by atoms with Crippen molar-refractivity contribution in [2.75, 3.05) is 11.1 Å². The first kappa shape index (κ1) is 30.1. The molecule has 0 bridgehead atoms. The number of amides is 2. The number of hydrogen-bond donors (Lipinski definition) is 2. The highest BCUT2D eigenvalue weighted by Gasteiger charge is 2.36. The van der Waals surface area contributed by atoms with Crippen molar-refractivity contribution in [3.63, 3.8) is 0 Å². The molecule has 0 saturated heterocycles. The van der Waals surface area contributed by atoms with Crippen LogP contribution >= 0.6 is 22.7 Å². The Morgan fingerprint density at radius 1 is 1.20 bits per heavy atom. The summed E-state index contributed by atoms with van der Waals surface area (Å²) >= 11 is 2.42. The highest BCUT2D eigenvalue weighted by atomic mass is 32.2. The lowest BCUT2D eigenvalue weighted by Gasteiger charge is -2.33. The molecule has 0 saturated carbocycles. The van der Waals surface area contributed by atoms with Crippen molar-refractivity contribution in [1.82, 2.24) is 9.97 Å². The average molecular weight is 615 g/mol. The number of hydrogen-bond acceptors (Lipinski definition) is 8. The van der Waals surface area contributed by atoms with Crippen LogP contribution in [0.15, 0.2) is 28.7 Å². The van der Waals surface area contributed by atoms with E-state index in [0.29, 0.717) is 28.3 Å². The molecule has 0 radical (unpaired) electrons. The zero-order chi connectivity index (χ0) is 29.5. The molecule has 3 N–H and O–H groups in total. The van der Waals surface area contributed by atoms with E-state index in [1.54, 1.807) is 11.4 Å². The summed E-state index contributed by atoms with van der Waals surface area (Å²) in [6.07, 6.45) is -2.98. The van der Waals surface area contributed by atoms with Crippen LogP contribution in [0.3, 0.4) is 0 Å². The van der Waals surface area contributed by atoms with E-state index in [0.717, 1.165) is 34.6 Å². The Balaban J connectivity index is 1.46. The van der Waals surface area contributed by atoms with Gasteiger partial charge in [-0.25, -0.2) is 18.4 Å². The zero-order valence-corrected chi connectivity index (χ0v) is 24.5. The summed E-state index contributed by atoms with van der Waals surface area (Å²) in [6.45, 7) is 6.49. The zero-order valence-electron chi connectivity index (χ0n) is 22.1. The summed E-state index contributed by atoms with van der Waals surface area (Å²) in [5.74, 6) is -1.41. The number of fused-ring (bicyclic) bond motifs is 1. The number of sulfone groups is 1. The summed E-state index contributed by atoms with van der Waals surface area (Å²) in [5.41, 5.74) is 5.33. The number of carbonyl (C=O) groups is 2. The van der Waals surface area contributed by atoms with Gasteiger partial charge < -0.3 is 11.1 Å². The lowest BCUT2D eigenvalue weighted by molar-refractivity contribution is -0.141. The number of thiophene rings is 2. The Morgan fingerprint density at radius 3 is 2.52 bits per heavy atom. The lowest BCUT2D eigenvalue weighted by atomic mass is 9.72. The predicted octanol–water partition coefficient (Wildman–Crippen LogP) is 5.73. The van der Waals surface area contributed by atoms with Gasteiger partial charge in [-0.3, -0.25) is 9.59 Å². The fourth-order valence-corrected chi connectivity index (χ4v) is 7.85. The third-order valence-electron chi connectivity index (χ3n) is 6.85. The number of carbonyl (C=O) groups excluding carboxylic acids is 2. The molecule has 1 atom stereocenters. The molecular formula is C26H29F3N4O4S3. The van der Waals surface area contributed by atoms with Gasteiger partial charge in [0, 0.05) is 11.3 Å². The van der Waals surface area contributed by atoms with Gasteiger partial charge >= 0.3 is 6.18 Å². The van der Waals surface area contributed by atoms with E-state index < -0.39 is 44.4 Å². The largest absolute Gasteiger partial charge is 0.433 e. The minimum Gasteiger partial charge on any atom is -0.365 e. The molecule has 1 aliphatic carbocycles. The van der Waals surface area contributed by atoms with Crippen LogP contribution in [-0.2, 0) is 33.6 Å². The van der Waals surface area contributed by atoms with Crippen LogP contribution in [0.2, 0.25) is 0 Å². The molecule has 0 spiro atoms. The van der Waals surface area contributed by atoms with Crippen molar-refractivity contribution < 1.29 is 31.2 Å². The van der Waals surface area contributed by atoms with Crippen molar-refractivity contribution in [3.8, 4) is 10.6 Å².